The van der Waals surface area contributed by atoms with Crippen LogP contribution >= 0.6 is 11.6 Å². The second-order valence-electron chi connectivity index (χ2n) is 7.00. The number of anilines is 1. The number of halogens is 1. The van der Waals surface area contributed by atoms with E-state index in [4.69, 9.17) is 11.6 Å². The van der Waals surface area contributed by atoms with Crippen molar-refractivity contribution in [3.63, 3.8) is 0 Å². The average Bonchev–Trinajstić information content (AvgIpc) is 3.28. The summed E-state index contributed by atoms with van der Waals surface area (Å²) in [6.07, 6.45) is 1.01. The summed E-state index contributed by atoms with van der Waals surface area (Å²) in [4.78, 5) is 27.9. The quantitative estimate of drug-likeness (QED) is 0.766. The monoisotopic (exact) mass is 367 g/mol. The van der Waals surface area contributed by atoms with Crippen LogP contribution in [-0.4, -0.2) is 41.0 Å². The van der Waals surface area contributed by atoms with Gasteiger partial charge >= 0.3 is 0 Å². The van der Waals surface area contributed by atoms with Crippen LogP contribution in [0.2, 0.25) is 5.02 Å². The van der Waals surface area contributed by atoms with Crippen molar-refractivity contribution in [2.45, 2.75) is 18.5 Å². The first kappa shape index (κ1) is 16.0. The van der Waals surface area contributed by atoms with Crippen molar-refractivity contribution in [2.24, 2.45) is 5.92 Å². The summed E-state index contributed by atoms with van der Waals surface area (Å²) in [5, 5.41) is 4.84. The molecule has 3 atom stereocenters. The van der Waals surface area contributed by atoms with Gasteiger partial charge in [-0.25, -0.2) is 14.9 Å². The fraction of sp³-hybridized carbons (Fsp3) is 0.300. The van der Waals surface area contributed by atoms with E-state index in [1.807, 2.05) is 30.3 Å². The number of hydrogen-bond donors (Lipinski definition) is 0. The number of nitrogens with zero attached hydrogens (tertiary/aromatic N) is 3. The zero-order valence-corrected chi connectivity index (χ0v) is 14.8. The molecule has 0 aromatic heterocycles. The van der Waals surface area contributed by atoms with Crippen LogP contribution in [0.5, 0.6) is 0 Å². The van der Waals surface area contributed by atoms with Crippen molar-refractivity contribution in [2.75, 3.05) is 18.0 Å². The zero-order valence-electron chi connectivity index (χ0n) is 14.1. The molecule has 3 saturated heterocycles. The standard InChI is InChI=1S/C20H18ClN3O2/c21-14-8-4-9-15(12-14)24-19(25)16-17(13-6-2-1-3-7-13)22-10-5-11-23(22)18(16)20(24)26/h1-4,6-9,12,16-18H,5,10-11H2/t16-,17+,18-/m0/s1. The lowest BCUT2D eigenvalue weighted by Gasteiger charge is -2.29. The number of carbonyl (C=O) groups excluding carboxylic acids is 2. The highest BCUT2D eigenvalue weighted by Gasteiger charge is 2.62. The van der Waals surface area contributed by atoms with Gasteiger partial charge in [-0.3, -0.25) is 9.59 Å². The number of fused-ring (bicyclic) bond motifs is 3. The van der Waals surface area contributed by atoms with Crippen LogP contribution < -0.4 is 4.90 Å². The Hall–Kier alpha value is -2.21. The van der Waals surface area contributed by atoms with Crippen LogP contribution in [0.15, 0.2) is 54.6 Å². The fourth-order valence-corrected chi connectivity index (χ4v) is 4.82. The number of hydrogen-bond acceptors (Lipinski definition) is 4. The van der Waals surface area contributed by atoms with Gasteiger partial charge < -0.3 is 0 Å². The molecule has 3 fully saturated rings. The Morgan fingerprint density at radius 1 is 0.846 bits per heavy atom. The van der Waals surface area contributed by atoms with Gasteiger partial charge in [0.2, 0.25) is 5.91 Å². The highest BCUT2D eigenvalue weighted by atomic mass is 35.5. The first-order valence-corrected chi connectivity index (χ1v) is 9.26. The van der Waals surface area contributed by atoms with E-state index in [1.54, 1.807) is 24.3 Å². The van der Waals surface area contributed by atoms with Crippen LogP contribution in [0.25, 0.3) is 0 Å². The Bertz CT molecular complexity index is 888. The summed E-state index contributed by atoms with van der Waals surface area (Å²) in [6, 6.07) is 16.5. The minimum Gasteiger partial charge on any atom is -0.274 e. The lowest BCUT2D eigenvalue weighted by molar-refractivity contribution is -0.126. The molecule has 0 bridgehead atoms. The second kappa shape index (κ2) is 5.91. The first-order chi connectivity index (χ1) is 12.7. The molecule has 26 heavy (non-hydrogen) atoms. The molecule has 3 aliphatic rings. The van der Waals surface area contributed by atoms with Crippen LogP contribution in [0.3, 0.4) is 0 Å². The smallest absolute Gasteiger partial charge is 0.253 e. The normalized spacial score (nSPS) is 28.7. The highest BCUT2D eigenvalue weighted by Crippen LogP contribution is 2.48. The minimum atomic E-state index is -0.422. The van der Waals surface area contributed by atoms with E-state index in [9.17, 15) is 9.59 Å². The zero-order chi connectivity index (χ0) is 17.8. The Kier molecular flexibility index (Phi) is 3.64. The van der Waals surface area contributed by atoms with Gasteiger partial charge in [-0.15, -0.1) is 0 Å². The molecule has 3 aliphatic heterocycles. The highest BCUT2D eigenvalue weighted by molar-refractivity contribution is 6.31. The van der Waals surface area contributed by atoms with Gasteiger partial charge in [0.15, 0.2) is 0 Å². The Labute approximate surface area is 156 Å². The predicted octanol–water partition coefficient (Wildman–Crippen LogP) is 2.88. The number of amides is 2. The summed E-state index contributed by atoms with van der Waals surface area (Å²) in [6.45, 7) is 1.69. The molecule has 6 heteroatoms. The first-order valence-electron chi connectivity index (χ1n) is 8.88. The summed E-state index contributed by atoms with van der Waals surface area (Å²) in [7, 11) is 0. The van der Waals surface area contributed by atoms with E-state index in [0.717, 1.165) is 25.1 Å². The van der Waals surface area contributed by atoms with E-state index in [2.05, 4.69) is 10.0 Å². The van der Waals surface area contributed by atoms with Crippen molar-refractivity contribution in [3.05, 3.63) is 65.2 Å². The number of carbonyl (C=O) groups is 2. The van der Waals surface area contributed by atoms with Crippen LogP contribution in [0.4, 0.5) is 5.69 Å². The number of benzene rings is 2. The molecule has 2 amide bonds. The van der Waals surface area contributed by atoms with Gasteiger partial charge in [0.25, 0.3) is 5.91 Å². The van der Waals surface area contributed by atoms with E-state index >= 15 is 0 Å². The average molecular weight is 368 g/mol. The molecule has 2 aromatic carbocycles. The Morgan fingerprint density at radius 3 is 2.31 bits per heavy atom. The van der Waals surface area contributed by atoms with Crippen molar-refractivity contribution in [1.82, 2.24) is 10.0 Å². The second-order valence-corrected chi connectivity index (χ2v) is 7.43. The van der Waals surface area contributed by atoms with E-state index in [1.165, 1.54) is 4.90 Å². The molecule has 0 aliphatic carbocycles. The predicted molar refractivity (Wildman–Crippen MR) is 98.4 cm³/mol. The summed E-state index contributed by atoms with van der Waals surface area (Å²) in [5.74, 6) is -0.665. The molecule has 0 radical (unpaired) electrons. The summed E-state index contributed by atoms with van der Waals surface area (Å²) < 4.78 is 0. The molecule has 0 spiro atoms. The molecule has 0 N–H and O–H groups in total. The third-order valence-electron chi connectivity index (χ3n) is 5.61. The van der Waals surface area contributed by atoms with Gasteiger partial charge in [0.05, 0.1) is 17.6 Å². The molecular weight excluding hydrogens is 350 g/mol. The van der Waals surface area contributed by atoms with Gasteiger partial charge in [-0.1, -0.05) is 48.0 Å². The van der Waals surface area contributed by atoms with Gasteiger partial charge in [0, 0.05) is 18.1 Å². The van der Waals surface area contributed by atoms with E-state index in [-0.39, 0.29) is 23.8 Å². The van der Waals surface area contributed by atoms with Crippen LogP contribution in [-0.2, 0) is 9.59 Å². The molecule has 0 saturated carbocycles. The van der Waals surface area contributed by atoms with Crippen molar-refractivity contribution in [3.8, 4) is 0 Å². The topological polar surface area (TPSA) is 43.9 Å². The maximum absolute atomic E-state index is 13.3. The third kappa shape index (κ3) is 2.18. The van der Waals surface area contributed by atoms with Crippen molar-refractivity contribution < 1.29 is 9.59 Å². The van der Waals surface area contributed by atoms with Crippen molar-refractivity contribution in [1.29, 1.82) is 0 Å². The molecule has 2 aromatic rings. The lowest BCUT2D eigenvalue weighted by Crippen LogP contribution is -2.44. The van der Waals surface area contributed by atoms with E-state index in [0.29, 0.717) is 10.7 Å². The number of imide groups is 1. The van der Waals surface area contributed by atoms with Crippen LogP contribution in [0, 0.1) is 5.92 Å². The summed E-state index contributed by atoms with van der Waals surface area (Å²) >= 11 is 6.09. The molecule has 132 valence electrons. The molecule has 3 heterocycles. The van der Waals surface area contributed by atoms with Gasteiger partial charge in [0.1, 0.15) is 6.04 Å². The summed E-state index contributed by atoms with van der Waals surface area (Å²) in [5.41, 5.74) is 1.64. The third-order valence-corrected chi connectivity index (χ3v) is 5.85. The van der Waals surface area contributed by atoms with E-state index < -0.39 is 6.04 Å². The largest absolute Gasteiger partial charge is 0.274 e. The maximum Gasteiger partial charge on any atom is 0.253 e. The maximum atomic E-state index is 13.3. The van der Waals surface area contributed by atoms with Gasteiger partial charge in [-0.2, -0.15) is 0 Å². The Morgan fingerprint density at radius 2 is 1.58 bits per heavy atom. The number of rotatable bonds is 2. The molecule has 5 nitrogen and oxygen atoms in total. The number of hydrazine groups is 1. The fourth-order valence-electron chi connectivity index (χ4n) is 4.63. The molecule has 0 unspecified atom stereocenters. The SMILES string of the molecule is O=C1[C@@H]2[C@@H](C(=O)N1c1cccc(Cl)c1)N1CCCN1[C@@H]2c1ccccc1. The lowest BCUT2D eigenvalue weighted by atomic mass is 9.90. The molecule has 5 rings (SSSR count). The van der Waals surface area contributed by atoms with Crippen LogP contribution in [0.1, 0.15) is 18.0 Å². The van der Waals surface area contributed by atoms with Gasteiger partial charge in [-0.05, 0) is 30.2 Å². The van der Waals surface area contributed by atoms with Crippen molar-refractivity contribution >= 4 is 29.1 Å². The molecular formula is C20H18ClN3O2. The Balaban J connectivity index is 1.60. The minimum absolute atomic E-state index is 0.0932.